The molecule has 0 aromatic carbocycles. The lowest BCUT2D eigenvalue weighted by Crippen LogP contribution is -2.11. The van der Waals surface area contributed by atoms with Crippen molar-refractivity contribution in [3.8, 4) is 0 Å². The summed E-state index contributed by atoms with van der Waals surface area (Å²) in [5.41, 5.74) is 0.551. The van der Waals surface area contributed by atoms with Crippen molar-refractivity contribution in [1.82, 2.24) is 14.3 Å². The lowest BCUT2D eigenvalue weighted by Gasteiger charge is -1.99. The molecule has 0 bridgehead atoms. The molecule has 0 saturated carbocycles. The molecule has 0 aliphatic rings. The van der Waals surface area contributed by atoms with Gasteiger partial charge in [0.2, 0.25) is 5.13 Å². The Morgan fingerprint density at radius 2 is 2.14 bits per heavy atom. The third-order valence-electron chi connectivity index (χ3n) is 1.52. The van der Waals surface area contributed by atoms with E-state index in [2.05, 4.69) is 19.7 Å². The van der Waals surface area contributed by atoms with Gasteiger partial charge in [-0.2, -0.15) is 4.37 Å². The molecule has 6 heteroatoms. The van der Waals surface area contributed by atoms with Crippen molar-refractivity contribution in [2.24, 2.45) is 0 Å². The molecule has 1 amide bonds. The second-order valence-corrected chi connectivity index (χ2v) is 3.22. The Bertz CT molecular complexity index is 414. The predicted octanol–water partition coefficient (Wildman–Crippen LogP) is 1.19. The van der Waals surface area contributed by atoms with Gasteiger partial charge in [0, 0.05) is 29.5 Å². The maximum absolute atomic E-state index is 11.5. The maximum atomic E-state index is 11.5. The summed E-state index contributed by atoms with van der Waals surface area (Å²) in [4.78, 5) is 19.2. The van der Waals surface area contributed by atoms with Crippen molar-refractivity contribution >= 4 is 22.6 Å². The Kier molecular flexibility index (Phi) is 2.46. The zero-order valence-electron chi connectivity index (χ0n) is 7.04. The van der Waals surface area contributed by atoms with Crippen molar-refractivity contribution in [1.29, 1.82) is 0 Å². The Labute approximate surface area is 84.0 Å². The fourth-order valence-electron chi connectivity index (χ4n) is 0.901. The number of nitrogens with one attached hydrogen (secondary N) is 1. The van der Waals surface area contributed by atoms with Gasteiger partial charge in [-0.15, -0.1) is 0 Å². The first-order chi connectivity index (χ1) is 6.86. The number of rotatable bonds is 2. The van der Waals surface area contributed by atoms with E-state index < -0.39 is 0 Å². The Morgan fingerprint density at radius 3 is 2.79 bits per heavy atom. The van der Waals surface area contributed by atoms with E-state index in [0.717, 1.165) is 11.5 Å². The zero-order chi connectivity index (χ0) is 9.80. The number of pyridine rings is 1. The highest BCUT2D eigenvalue weighted by molar-refractivity contribution is 7.09. The van der Waals surface area contributed by atoms with E-state index in [1.54, 1.807) is 24.5 Å². The molecular weight excluding hydrogens is 200 g/mol. The van der Waals surface area contributed by atoms with Gasteiger partial charge in [-0.3, -0.25) is 15.1 Å². The van der Waals surface area contributed by atoms with E-state index in [0.29, 0.717) is 10.7 Å². The minimum absolute atomic E-state index is 0.204. The standard InChI is InChI=1S/C8H6N4OS/c13-7(6-1-3-9-4-2-6)12-8-10-5-11-14-8/h1-5H,(H,10,11,12,13). The molecule has 0 aliphatic carbocycles. The van der Waals surface area contributed by atoms with Crippen LogP contribution in [0.5, 0.6) is 0 Å². The molecule has 5 nitrogen and oxygen atoms in total. The molecule has 2 aromatic heterocycles. The largest absolute Gasteiger partial charge is 0.297 e. The summed E-state index contributed by atoms with van der Waals surface area (Å²) in [7, 11) is 0. The van der Waals surface area contributed by atoms with Crippen LogP contribution >= 0.6 is 11.5 Å². The van der Waals surface area contributed by atoms with E-state index in [9.17, 15) is 4.79 Å². The third kappa shape index (κ3) is 1.91. The van der Waals surface area contributed by atoms with Gasteiger partial charge in [-0.25, -0.2) is 4.98 Å². The van der Waals surface area contributed by atoms with E-state index in [1.807, 2.05) is 0 Å². The first-order valence-corrected chi connectivity index (χ1v) is 4.61. The molecule has 2 rings (SSSR count). The molecule has 0 radical (unpaired) electrons. The topological polar surface area (TPSA) is 67.8 Å². The molecule has 0 saturated heterocycles. The number of nitrogens with zero attached hydrogens (tertiary/aromatic N) is 3. The van der Waals surface area contributed by atoms with Crippen LogP contribution in [0.25, 0.3) is 0 Å². The fraction of sp³-hybridized carbons (Fsp3) is 0. The van der Waals surface area contributed by atoms with Gasteiger partial charge in [0.15, 0.2) is 0 Å². The van der Waals surface area contributed by atoms with Crippen LogP contribution < -0.4 is 5.32 Å². The number of anilines is 1. The molecule has 0 spiro atoms. The highest BCUT2D eigenvalue weighted by Gasteiger charge is 2.06. The third-order valence-corrected chi connectivity index (χ3v) is 2.10. The lowest BCUT2D eigenvalue weighted by atomic mass is 10.2. The summed E-state index contributed by atoms with van der Waals surface area (Å²) < 4.78 is 3.77. The summed E-state index contributed by atoms with van der Waals surface area (Å²) >= 11 is 1.14. The first-order valence-electron chi connectivity index (χ1n) is 3.84. The fourth-order valence-corrected chi connectivity index (χ4v) is 1.33. The minimum atomic E-state index is -0.204. The average molecular weight is 206 g/mol. The van der Waals surface area contributed by atoms with Crippen LogP contribution in [0, 0.1) is 0 Å². The van der Waals surface area contributed by atoms with Crippen LogP contribution in [-0.2, 0) is 0 Å². The van der Waals surface area contributed by atoms with Gasteiger partial charge >= 0.3 is 0 Å². The highest BCUT2D eigenvalue weighted by Crippen LogP contribution is 2.08. The molecule has 2 heterocycles. The van der Waals surface area contributed by atoms with Crippen LogP contribution in [0.1, 0.15) is 10.4 Å². The normalized spacial score (nSPS) is 9.71. The molecular formula is C8H6N4OS. The van der Waals surface area contributed by atoms with Crippen LogP contribution in [0.3, 0.4) is 0 Å². The Balaban J connectivity index is 2.11. The number of amides is 1. The summed E-state index contributed by atoms with van der Waals surface area (Å²) in [5, 5.41) is 3.11. The molecule has 70 valence electrons. The summed E-state index contributed by atoms with van der Waals surface area (Å²) in [6.45, 7) is 0. The molecule has 0 aliphatic heterocycles. The molecule has 1 N–H and O–H groups in total. The molecule has 2 aromatic rings. The number of hydrogen-bond acceptors (Lipinski definition) is 5. The van der Waals surface area contributed by atoms with E-state index >= 15 is 0 Å². The SMILES string of the molecule is O=C(Nc1ncns1)c1ccncc1. The van der Waals surface area contributed by atoms with Gasteiger partial charge in [0.1, 0.15) is 6.33 Å². The van der Waals surface area contributed by atoms with Crippen molar-refractivity contribution < 1.29 is 4.79 Å². The van der Waals surface area contributed by atoms with Gasteiger partial charge in [-0.05, 0) is 12.1 Å². The minimum Gasteiger partial charge on any atom is -0.297 e. The Morgan fingerprint density at radius 1 is 1.36 bits per heavy atom. The van der Waals surface area contributed by atoms with Gasteiger partial charge in [-0.1, -0.05) is 0 Å². The van der Waals surface area contributed by atoms with E-state index in [4.69, 9.17) is 0 Å². The van der Waals surface area contributed by atoms with E-state index in [1.165, 1.54) is 6.33 Å². The van der Waals surface area contributed by atoms with Crippen molar-refractivity contribution in [2.75, 3.05) is 5.32 Å². The summed E-state index contributed by atoms with van der Waals surface area (Å²) in [5.74, 6) is -0.204. The Hall–Kier alpha value is -1.82. The second kappa shape index (κ2) is 3.93. The zero-order valence-corrected chi connectivity index (χ0v) is 7.86. The van der Waals surface area contributed by atoms with E-state index in [-0.39, 0.29) is 5.91 Å². The number of aromatic nitrogens is 3. The van der Waals surface area contributed by atoms with Crippen molar-refractivity contribution in [3.63, 3.8) is 0 Å². The highest BCUT2D eigenvalue weighted by atomic mass is 32.1. The molecule has 0 atom stereocenters. The summed E-state index contributed by atoms with van der Waals surface area (Å²) in [6, 6.07) is 3.27. The summed E-state index contributed by atoms with van der Waals surface area (Å²) in [6.07, 6.45) is 4.52. The van der Waals surface area contributed by atoms with Gasteiger partial charge < -0.3 is 0 Å². The second-order valence-electron chi connectivity index (χ2n) is 2.44. The van der Waals surface area contributed by atoms with Crippen LogP contribution in [0.4, 0.5) is 5.13 Å². The number of hydrogen-bond donors (Lipinski definition) is 1. The van der Waals surface area contributed by atoms with Gasteiger partial charge in [0.05, 0.1) is 0 Å². The van der Waals surface area contributed by atoms with Gasteiger partial charge in [0.25, 0.3) is 5.91 Å². The quantitative estimate of drug-likeness (QED) is 0.801. The smallest absolute Gasteiger partial charge is 0.257 e. The average Bonchev–Trinajstić information content (AvgIpc) is 2.72. The maximum Gasteiger partial charge on any atom is 0.257 e. The van der Waals surface area contributed by atoms with Crippen molar-refractivity contribution in [3.05, 3.63) is 36.4 Å². The number of carbonyl (C=O) groups is 1. The first kappa shape index (κ1) is 8.76. The monoisotopic (exact) mass is 206 g/mol. The van der Waals surface area contributed by atoms with Crippen molar-refractivity contribution in [2.45, 2.75) is 0 Å². The van der Waals surface area contributed by atoms with Crippen LogP contribution in [0.15, 0.2) is 30.9 Å². The number of carbonyl (C=O) groups excluding carboxylic acids is 1. The lowest BCUT2D eigenvalue weighted by molar-refractivity contribution is 0.102. The van der Waals surface area contributed by atoms with Crippen LogP contribution in [-0.4, -0.2) is 20.2 Å². The molecule has 0 unspecified atom stereocenters. The predicted molar refractivity (Wildman–Crippen MR) is 52.1 cm³/mol. The molecule has 14 heavy (non-hydrogen) atoms. The van der Waals surface area contributed by atoms with Crippen LogP contribution in [0.2, 0.25) is 0 Å². The molecule has 0 fully saturated rings.